The molecular weight excluding hydrogens is 222 g/mol. The van der Waals surface area contributed by atoms with Crippen LogP contribution in [-0.4, -0.2) is 28.5 Å². The van der Waals surface area contributed by atoms with E-state index in [0.29, 0.717) is 13.0 Å². The quantitative estimate of drug-likeness (QED) is 0.444. The normalized spacial score (nSPS) is 10.1. The Hall–Kier alpha value is -1.85. The van der Waals surface area contributed by atoms with Crippen molar-refractivity contribution in [3.8, 4) is 0 Å². The van der Waals surface area contributed by atoms with Gasteiger partial charge in [0.1, 0.15) is 12.4 Å². The second-order valence-corrected chi connectivity index (χ2v) is 3.80. The number of aliphatic carboxylic acids is 1. The summed E-state index contributed by atoms with van der Waals surface area (Å²) in [7, 11) is 0. The Balaban J connectivity index is 1.98. The number of carboxylic acid groups (broad SMARTS) is 1. The standard InChI is InChI=1S/C11H17N3O3/c15-10(3-1-4-11(16)17)13-5-2-7-14-8-6-12-9-14/h6,8-9H,1-5,7H2,(H2,13,15,16,17)/p+1. The van der Waals surface area contributed by atoms with Crippen LogP contribution in [-0.2, 0) is 16.1 Å². The number of aromatic amines is 1. The summed E-state index contributed by atoms with van der Waals surface area (Å²) in [6.45, 7) is 1.46. The highest BCUT2D eigenvalue weighted by molar-refractivity contribution is 5.76. The average molecular weight is 240 g/mol. The molecule has 6 nitrogen and oxygen atoms in total. The van der Waals surface area contributed by atoms with Crippen molar-refractivity contribution in [2.75, 3.05) is 6.54 Å². The van der Waals surface area contributed by atoms with E-state index in [2.05, 4.69) is 10.3 Å². The van der Waals surface area contributed by atoms with Crippen LogP contribution in [0.25, 0.3) is 0 Å². The van der Waals surface area contributed by atoms with Crippen LogP contribution in [0.3, 0.4) is 0 Å². The minimum Gasteiger partial charge on any atom is -0.481 e. The molecule has 0 aliphatic heterocycles. The van der Waals surface area contributed by atoms with Gasteiger partial charge in [-0.05, 0) is 6.42 Å². The predicted molar refractivity (Wildman–Crippen MR) is 60.1 cm³/mol. The molecule has 17 heavy (non-hydrogen) atoms. The van der Waals surface area contributed by atoms with E-state index in [9.17, 15) is 9.59 Å². The van der Waals surface area contributed by atoms with E-state index < -0.39 is 5.97 Å². The maximum Gasteiger partial charge on any atom is 0.303 e. The van der Waals surface area contributed by atoms with Crippen LogP contribution in [0.1, 0.15) is 25.7 Å². The molecule has 0 saturated carbocycles. The third-order valence-electron chi connectivity index (χ3n) is 2.31. The zero-order valence-corrected chi connectivity index (χ0v) is 9.69. The van der Waals surface area contributed by atoms with Gasteiger partial charge in [0, 0.05) is 25.8 Å². The summed E-state index contributed by atoms with van der Waals surface area (Å²) in [5.41, 5.74) is 0. The van der Waals surface area contributed by atoms with Gasteiger partial charge in [0.2, 0.25) is 12.2 Å². The van der Waals surface area contributed by atoms with Crippen molar-refractivity contribution in [3.63, 3.8) is 0 Å². The van der Waals surface area contributed by atoms with Gasteiger partial charge in [0.05, 0.1) is 6.54 Å². The molecule has 0 aliphatic carbocycles. The highest BCUT2D eigenvalue weighted by Gasteiger charge is 2.03. The number of nitrogens with zero attached hydrogens (tertiary/aromatic N) is 1. The molecule has 1 aromatic rings. The third kappa shape index (κ3) is 6.34. The fraction of sp³-hybridized carbons (Fsp3) is 0.545. The first-order valence-electron chi connectivity index (χ1n) is 5.69. The zero-order chi connectivity index (χ0) is 12.5. The van der Waals surface area contributed by atoms with Crippen molar-refractivity contribution in [1.82, 2.24) is 10.3 Å². The first kappa shape index (κ1) is 13.2. The van der Waals surface area contributed by atoms with Gasteiger partial charge in [0.25, 0.3) is 0 Å². The van der Waals surface area contributed by atoms with Crippen molar-refractivity contribution in [1.29, 1.82) is 0 Å². The number of amides is 1. The van der Waals surface area contributed by atoms with Crippen molar-refractivity contribution in [2.45, 2.75) is 32.2 Å². The molecule has 3 N–H and O–H groups in total. The number of H-pyrrole nitrogens is 1. The van der Waals surface area contributed by atoms with Crippen molar-refractivity contribution in [3.05, 3.63) is 18.7 Å². The maximum atomic E-state index is 11.3. The molecule has 0 atom stereocenters. The van der Waals surface area contributed by atoms with E-state index in [-0.39, 0.29) is 18.7 Å². The number of hydrogen-bond acceptors (Lipinski definition) is 2. The predicted octanol–water partition coefficient (Wildman–Crippen LogP) is 0.0634. The topological polar surface area (TPSA) is 86.1 Å². The van der Waals surface area contributed by atoms with Crippen molar-refractivity contribution in [2.24, 2.45) is 0 Å². The lowest BCUT2D eigenvalue weighted by atomic mass is 10.2. The molecule has 94 valence electrons. The Kier molecular flexibility index (Phi) is 5.77. The van der Waals surface area contributed by atoms with Crippen LogP contribution in [0.5, 0.6) is 0 Å². The lowest BCUT2D eigenvalue weighted by Crippen LogP contribution is -2.33. The summed E-state index contributed by atoms with van der Waals surface area (Å²) < 4.78 is 2.00. The van der Waals surface area contributed by atoms with E-state index in [4.69, 9.17) is 5.11 Å². The SMILES string of the molecule is O=C(O)CCCC(=O)NCCC[n+]1cc[nH]c1. The van der Waals surface area contributed by atoms with Crippen molar-refractivity contribution < 1.29 is 19.3 Å². The van der Waals surface area contributed by atoms with Gasteiger partial charge in [-0.2, -0.15) is 0 Å². The third-order valence-corrected chi connectivity index (χ3v) is 2.31. The van der Waals surface area contributed by atoms with E-state index in [1.165, 1.54) is 0 Å². The Morgan fingerprint density at radius 3 is 2.76 bits per heavy atom. The van der Waals surface area contributed by atoms with Crippen molar-refractivity contribution >= 4 is 11.9 Å². The summed E-state index contributed by atoms with van der Waals surface area (Å²) >= 11 is 0. The van der Waals surface area contributed by atoms with E-state index >= 15 is 0 Å². The molecule has 6 heteroatoms. The second-order valence-electron chi connectivity index (χ2n) is 3.80. The van der Waals surface area contributed by atoms with Gasteiger partial charge in [-0.3, -0.25) is 14.6 Å². The molecular formula is C11H18N3O3+. The molecule has 0 aliphatic rings. The van der Waals surface area contributed by atoms with Gasteiger partial charge in [0.15, 0.2) is 0 Å². The molecule has 0 radical (unpaired) electrons. The Morgan fingerprint density at radius 2 is 2.12 bits per heavy atom. The van der Waals surface area contributed by atoms with E-state index in [1.807, 2.05) is 23.3 Å². The van der Waals surface area contributed by atoms with Crippen LogP contribution < -0.4 is 9.88 Å². The molecule has 0 aromatic carbocycles. The van der Waals surface area contributed by atoms with Gasteiger partial charge in [-0.25, -0.2) is 4.57 Å². The molecule has 1 aromatic heterocycles. The molecule has 0 saturated heterocycles. The fourth-order valence-electron chi connectivity index (χ4n) is 1.44. The maximum absolute atomic E-state index is 11.3. The first-order valence-corrected chi connectivity index (χ1v) is 5.69. The summed E-state index contributed by atoms with van der Waals surface area (Å²) in [6, 6.07) is 0. The summed E-state index contributed by atoms with van der Waals surface area (Å²) in [6.07, 6.45) is 7.20. The molecule has 1 heterocycles. The van der Waals surface area contributed by atoms with Gasteiger partial charge < -0.3 is 10.4 Å². The molecule has 1 amide bonds. The number of aryl methyl sites for hydroxylation is 1. The summed E-state index contributed by atoms with van der Waals surface area (Å²) in [4.78, 5) is 24.4. The highest BCUT2D eigenvalue weighted by atomic mass is 16.4. The van der Waals surface area contributed by atoms with Crippen LogP contribution in [0.2, 0.25) is 0 Å². The number of nitrogens with one attached hydrogen (secondary N) is 2. The monoisotopic (exact) mass is 240 g/mol. The number of carbonyl (C=O) groups is 2. The molecule has 0 unspecified atom stereocenters. The van der Waals surface area contributed by atoms with Gasteiger partial charge in [-0.1, -0.05) is 0 Å². The minimum absolute atomic E-state index is 0.0482. The number of hydrogen-bond donors (Lipinski definition) is 3. The Labute approximate surface area is 99.7 Å². The van der Waals surface area contributed by atoms with Crippen LogP contribution in [0.15, 0.2) is 18.7 Å². The number of rotatable bonds is 8. The lowest BCUT2D eigenvalue weighted by molar-refractivity contribution is -0.695. The number of aromatic nitrogens is 2. The van der Waals surface area contributed by atoms with E-state index in [0.717, 1.165) is 13.0 Å². The van der Waals surface area contributed by atoms with Crippen LogP contribution in [0.4, 0.5) is 0 Å². The minimum atomic E-state index is -0.860. The number of imidazole rings is 1. The number of carboxylic acids is 1. The van der Waals surface area contributed by atoms with Gasteiger partial charge >= 0.3 is 5.97 Å². The van der Waals surface area contributed by atoms with Crippen LogP contribution >= 0.6 is 0 Å². The lowest BCUT2D eigenvalue weighted by Gasteiger charge is -2.03. The Bertz CT molecular complexity index is 349. The highest BCUT2D eigenvalue weighted by Crippen LogP contribution is 1.94. The fourth-order valence-corrected chi connectivity index (χ4v) is 1.44. The molecule has 1 rings (SSSR count). The average Bonchev–Trinajstić information content (AvgIpc) is 2.76. The largest absolute Gasteiger partial charge is 0.481 e. The summed E-state index contributed by atoms with van der Waals surface area (Å²) in [5.74, 6) is -0.938. The smallest absolute Gasteiger partial charge is 0.303 e. The molecule has 0 spiro atoms. The van der Waals surface area contributed by atoms with E-state index in [1.54, 1.807) is 0 Å². The summed E-state index contributed by atoms with van der Waals surface area (Å²) in [5, 5.41) is 11.2. The second kappa shape index (κ2) is 7.43. The zero-order valence-electron chi connectivity index (χ0n) is 9.69. The van der Waals surface area contributed by atoms with Gasteiger partial charge in [-0.15, -0.1) is 0 Å². The molecule has 0 bridgehead atoms. The first-order chi connectivity index (χ1) is 8.18. The molecule has 0 fully saturated rings. The van der Waals surface area contributed by atoms with Crippen LogP contribution in [0, 0.1) is 0 Å². The Morgan fingerprint density at radius 1 is 1.29 bits per heavy atom. The number of carbonyl (C=O) groups excluding carboxylic acids is 1.